The Bertz CT molecular complexity index is 855. The summed E-state index contributed by atoms with van der Waals surface area (Å²) >= 11 is 5.28. The number of para-hydroxylation sites is 2. The summed E-state index contributed by atoms with van der Waals surface area (Å²) in [4.78, 5) is 25.0. The lowest BCUT2D eigenvalue weighted by atomic mass is 10.1. The topological polar surface area (TPSA) is 79.5 Å². The lowest BCUT2D eigenvalue weighted by Crippen LogP contribution is -2.35. The maximum Gasteiger partial charge on any atom is 0.261 e. The van der Waals surface area contributed by atoms with Crippen LogP contribution < -0.4 is 20.7 Å². The number of nitrogens with one attached hydrogen (secondary N) is 3. The van der Waals surface area contributed by atoms with Crippen LogP contribution in [0.25, 0.3) is 0 Å². The molecule has 0 saturated heterocycles. The lowest BCUT2D eigenvalue weighted by molar-refractivity contribution is 0.0952. The van der Waals surface area contributed by atoms with E-state index in [0.29, 0.717) is 35.7 Å². The van der Waals surface area contributed by atoms with Crippen LogP contribution in [-0.2, 0) is 0 Å². The van der Waals surface area contributed by atoms with Crippen molar-refractivity contribution in [2.45, 2.75) is 33.1 Å². The van der Waals surface area contributed by atoms with Gasteiger partial charge in [0.15, 0.2) is 5.11 Å². The monoisotopic (exact) mass is 413 g/mol. The minimum atomic E-state index is -0.373. The van der Waals surface area contributed by atoms with Crippen molar-refractivity contribution in [1.82, 2.24) is 10.6 Å². The Morgan fingerprint density at radius 1 is 0.931 bits per heavy atom. The fraction of sp³-hybridized carbons (Fsp3) is 0.318. The first-order chi connectivity index (χ1) is 14.1. The maximum atomic E-state index is 12.7. The van der Waals surface area contributed by atoms with E-state index in [1.54, 1.807) is 42.5 Å². The predicted molar refractivity (Wildman–Crippen MR) is 120 cm³/mol. The Labute approximate surface area is 177 Å². The second kappa shape index (κ2) is 11.8. The summed E-state index contributed by atoms with van der Waals surface area (Å²) in [5, 5.41) is 8.53. The van der Waals surface area contributed by atoms with Crippen LogP contribution in [0, 0.1) is 0 Å². The number of carbonyl (C=O) groups is 2. The molecule has 0 aliphatic rings. The van der Waals surface area contributed by atoms with Crippen molar-refractivity contribution in [2.24, 2.45) is 0 Å². The lowest BCUT2D eigenvalue weighted by Gasteiger charge is -2.15. The maximum absolute atomic E-state index is 12.7. The Kier molecular flexibility index (Phi) is 9.11. The average Bonchev–Trinajstić information content (AvgIpc) is 2.72. The average molecular weight is 414 g/mol. The second-order valence-electron chi connectivity index (χ2n) is 6.41. The van der Waals surface area contributed by atoms with Crippen molar-refractivity contribution in [1.29, 1.82) is 0 Å². The van der Waals surface area contributed by atoms with Gasteiger partial charge in [-0.3, -0.25) is 14.9 Å². The van der Waals surface area contributed by atoms with Crippen LogP contribution in [0.15, 0.2) is 48.5 Å². The quantitative estimate of drug-likeness (QED) is 0.425. The van der Waals surface area contributed by atoms with Gasteiger partial charge in [-0.2, -0.15) is 0 Å². The van der Waals surface area contributed by atoms with Crippen LogP contribution in [0.2, 0.25) is 0 Å². The molecule has 0 bridgehead atoms. The number of hydrogen-bond donors (Lipinski definition) is 3. The van der Waals surface area contributed by atoms with E-state index in [4.69, 9.17) is 17.0 Å². The SMILES string of the molecule is CCCCOc1ccccc1C(=O)NC(=S)Nc1ccccc1C(=O)NCCC. The number of thiocarbonyl (C=S) groups is 1. The minimum absolute atomic E-state index is 0.106. The van der Waals surface area contributed by atoms with Gasteiger partial charge in [-0.05, 0) is 49.3 Å². The van der Waals surface area contributed by atoms with Crippen LogP contribution in [0.3, 0.4) is 0 Å². The first kappa shape index (κ1) is 22.4. The Balaban J connectivity index is 2.05. The van der Waals surface area contributed by atoms with E-state index in [2.05, 4.69) is 22.9 Å². The van der Waals surface area contributed by atoms with Crippen molar-refractivity contribution >= 4 is 34.8 Å². The largest absolute Gasteiger partial charge is 0.493 e. The number of unbranched alkanes of at least 4 members (excludes halogenated alkanes) is 1. The molecular weight excluding hydrogens is 386 g/mol. The molecule has 29 heavy (non-hydrogen) atoms. The molecule has 0 aliphatic heterocycles. The minimum Gasteiger partial charge on any atom is -0.493 e. The number of ether oxygens (including phenoxy) is 1. The molecule has 0 aromatic heterocycles. The van der Waals surface area contributed by atoms with Gasteiger partial charge in [0.05, 0.1) is 23.4 Å². The molecule has 154 valence electrons. The fourth-order valence-electron chi connectivity index (χ4n) is 2.55. The highest BCUT2D eigenvalue weighted by Crippen LogP contribution is 2.19. The highest BCUT2D eigenvalue weighted by Gasteiger charge is 2.15. The first-order valence-electron chi connectivity index (χ1n) is 9.78. The van der Waals surface area contributed by atoms with E-state index in [0.717, 1.165) is 19.3 Å². The summed E-state index contributed by atoms with van der Waals surface area (Å²) < 4.78 is 5.71. The molecule has 0 atom stereocenters. The standard InChI is InChI=1S/C22H27N3O3S/c1-3-5-15-28-19-13-9-7-11-17(19)21(27)25-22(29)24-18-12-8-6-10-16(18)20(26)23-14-4-2/h6-13H,3-5,14-15H2,1-2H3,(H,23,26)(H2,24,25,27,29). The molecule has 0 unspecified atom stereocenters. The van der Waals surface area contributed by atoms with E-state index in [1.807, 2.05) is 13.0 Å². The molecule has 2 rings (SSSR count). The molecule has 0 heterocycles. The number of amides is 2. The van der Waals surface area contributed by atoms with Crippen LogP contribution in [-0.4, -0.2) is 30.1 Å². The number of benzene rings is 2. The first-order valence-corrected chi connectivity index (χ1v) is 10.2. The van der Waals surface area contributed by atoms with Gasteiger partial charge < -0.3 is 15.4 Å². The van der Waals surface area contributed by atoms with E-state index in [1.165, 1.54) is 0 Å². The van der Waals surface area contributed by atoms with Gasteiger partial charge >= 0.3 is 0 Å². The summed E-state index contributed by atoms with van der Waals surface area (Å²) in [6, 6.07) is 14.0. The zero-order valence-corrected chi connectivity index (χ0v) is 17.6. The van der Waals surface area contributed by atoms with Crippen molar-refractivity contribution in [3.63, 3.8) is 0 Å². The Morgan fingerprint density at radius 3 is 2.34 bits per heavy atom. The summed E-state index contributed by atoms with van der Waals surface area (Å²) in [6.45, 7) is 5.19. The van der Waals surface area contributed by atoms with Crippen LogP contribution in [0.4, 0.5) is 5.69 Å². The molecule has 7 heteroatoms. The number of hydrogen-bond acceptors (Lipinski definition) is 4. The molecule has 6 nitrogen and oxygen atoms in total. The van der Waals surface area contributed by atoms with Crippen molar-refractivity contribution in [3.8, 4) is 5.75 Å². The number of anilines is 1. The Hall–Kier alpha value is -2.93. The van der Waals surface area contributed by atoms with Gasteiger partial charge in [0.1, 0.15) is 5.75 Å². The molecule has 3 N–H and O–H groups in total. The predicted octanol–water partition coefficient (Wildman–Crippen LogP) is 4.13. The van der Waals surface area contributed by atoms with Crippen LogP contribution >= 0.6 is 12.2 Å². The van der Waals surface area contributed by atoms with Crippen molar-refractivity contribution < 1.29 is 14.3 Å². The molecule has 2 aromatic carbocycles. The third kappa shape index (κ3) is 6.87. The van der Waals surface area contributed by atoms with Gasteiger partial charge in [0, 0.05) is 6.54 Å². The molecule has 2 amide bonds. The molecular formula is C22H27N3O3S. The molecule has 2 aromatic rings. The zero-order chi connectivity index (χ0) is 21.1. The highest BCUT2D eigenvalue weighted by atomic mass is 32.1. The number of rotatable bonds is 9. The van der Waals surface area contributed by atoms with Crippen LogP contribution in [0.5, 0.6) is 5.75 Å². The zero-order valence-electron chi connectivity index (χ0n) is 16.8. The van der Waals surface area contributed by atoms with Gasteiger partial charge in [-0.15, -0.1) is 0 Å². The van der Waals surface area contributed by atoms with Crippen LogP contribution in [0.1, 0.15) is 53.8 Å². The summed E-state index contributed by atoms with van der Waals surface area (Å²) in [5.41, 5.74) is 1.39. The third-order valence-corrected chi connectivity index (χ3v) is 4.27. The second-order valence-corrected chi connectivity index (χ2v) is 6.82. The Morgan fingerprint density at radius 2 is 1.62 bits per heavy atom. The number of carbonyl (C=O) groups excluding carboxylic acids is 2. The van der Waals surface area contributed by atoms with E-state index < -0.39 is 0 Å². The van der Waals surface area contributed by atoms with Crippen molar-refractivity contribution in [2.75, 3.05) is 18.5 Å². The molecule has 0 aliphatic carbocycles. The third-order valence-electron chi connectivity index (χ3n) is 4.07. The van der Waals surface area contributed by atoms with Gasteiger partial charge in [-0.25, -0.2) is 0 Å². The fourth-order valence-corrected chi connectivity index (χ4v) is 2.76. The highest BCUT2D eigenvalue weighted by molar-refractivity contribution is 7.80. The molecule has 0 saturated carbocycles. The summed E-state index contributed by atoms with van der Waals surface area (Å²) in [5.74, 6) is -0.0538. The molecule has 0 spiro atoms. The van der Waals surface area contributed by atoms with Gasteiger partial charge in [0.2, 0.25) is 0 Å². The van der Waals surface area contributed by atoms with E-state index >= 15 is 0 Å². The smallest absolute Gasteiger partial charge is 0.261 e. The summed E-state index contributed by atoms with van der Waals surface area (Å²) in [7, 11) is 0. The van der Waals surface area contributed by atoms with Gasteiger partial charge in [0.25, 0.3) is 11.8 Å². The molecule has 0 fully saturated rings. The van der Waals surface area contributed by atoms with Crippen molar-refractivity contribution in [3.05, 3.63) is 59.7 Å². The summed E-state index contributed by atoms with van der Waals surface area (Å²) in [6.07, 6.45) is 2.76. The van der Waals surface area contributed by atoms with E-state index in [-0.39, 0.29) is 16.9 Å². The normalized spacial score (nSPS) is 10.1. The van der Waals surface area contributed by atoms with E-state index in [9.17, 15) is 9.59 Å². The van der Waals surface area contributed by atoms with Gasteiger partial charge in [-0.1, -0.05) is 44.5 Å². The molecule has 0 radical (unpaired) electrons.